The lowest BCUT2D eigenvalue weighted by molar-refractivity contribution is -0.113. The molecule has 2 heterocycles. The minimum Gasteiger partial charge on any atom is -0.354 e. The van der Waals surface area contributed by atoms with Crippen LogP contribution in [0.1, 0.15) is 11.7 Å². The summed E-state index contributed by atoms with van der Waals surface area (Å²) in [6.45, 7) is 2.15. The van der Waals surface area contributed by atoms with Gasteiger partial charge in [0.25, 0.3) is 0 Å². The molecule has 0 spiro atoms. The van der Waals surface area contributed by atoms with Gasteiger partial charge in [-0.3, -0.25) is 0 Å². The number of thioether (sulfide) groups is 1. The van der Waals surface area contributed by atoms with Gasteiger partial charge in [-0.1, -0.05) is 16.9 Å². The Hall–Kier alpha value is -1.52. The maximum Gasteiger partial charge on any atom is 0.223 e. The fraction of sp³-hybridized carbons (Fsp3) is 0.667. The summed E-state index contributed by atoms with van der Waals surface area (Å²) in [6.07, 6.45) is -0.393. The second kappa shape index (κ2) is 6.59. The van der Waals surface area contributed by atoms with Gasteiger partial charge in [0.2, 0.25) is 11.0 Å². The third-order valence-corrected chi connectivity index (χ3v) is 3.20. The van der Waals surface area contributed by atoms with E-state index in [1.165, 1.54) is 11.8 Å². The first kappa shape index (κ1) is 13.9. The number of rotatable bonds is 7. The van der Waals surface area contributed by atoms with Crippen LogP contribution in [0.2, 0.25) is 0 Å². The van der Waals surface area contributed by atoms with Crippen LogP contribution in [-0.4, -0.2) is 50.9 Å². The maximum absolute atomic E-state index is 5.11. The zero-order chi connectivity index (χ0) is 13.7. The van der Waals surface area contributed by atoms with Crippen LogP contribution in [-0.2, 0) is 21.8 Å². The van der Waals surface area contributed by atoms with E-state index in [1.807, 2.05) is 0 Å². The van der Waals surface area contributed by atoms with Crippen molar-refractivity contribution < 1.29 is 14.0 Å². The van der Waals surface area contributed by atoms with Gasteiger partial charge in [-0.05, 0) is 10.4 Å². The normalized spacial score (nSPS) is 11.4. The zero-order valence-corrected chi connectivity index (χ0v) is 11.6. The Bertz CT molecular complexity index is 512. The van der Waals surface area contributed by atoms with Crippen LogP contribution in [0.3, 0.4) is 0 Å². The Morgan fingerprint density at radius 2 is 2.16 bits per heavy atom. The zero-order valence-electron chi connectivity index (χ0n) is 10.8. The van der Waals surface area contributed by atoms with Crippen molar-refractivity contribution in [2.75, 3.05) is 14.2 Å². The maximum atomic E-state index is 5.11. The summed E-state index contributed by atoms with van der Waals surface area (Å²) >= 11 is 1.41. The van der Waals surface area contributed by atoms with E-state index in [2.05, 4.69) is 25.7 Å². The van der Waals surface area contributed by atoms with E-state index in [0.29, 0.717) is 29.2 Å². The van der Waals surface area contributed by atoms with Gasteiger partial charge < -0.3 is 14.0 Å². The average molecular weight is 286 g/mol. The highest BCUT2D eigenvalue weighted by atomic mass is 32.2. The molecule has 10 heteroatoms. The highest BCUT2D eigenvalue weighted by molar-refractivity contribution is 7.98. The Balaban J connectivity index is 1.95. The SMILES string of the molecule is COC(Cn1nnnc1SCc1noc(C)n1)OC. The topological polar surface area (TPSA) is 101 Å². The monoisotopic (exact) mass is 286 g/mol. The van der Waals surface area contributed by atoms with E-state index in [1.54, 1.807) is 25.8 Å². The minimum atomic E-state index is -0.393. The molecule has 0 aliphatic heterocycles. The van der Waals surface area contributed by atoms with Crippen LogP contribution in [0, 0.1) is 6.92 Å². The van der Waals surface area contributed by atoms with E-state index >= 15 is 0 Å². The van der Waals surface area contributed by atoms with Crippen LogP contribution < -0.4 is 0 Å². The van der Waals surface area contributed by atoms with Crippen LogP contribution in [0.4, 0.5) is 0 Å². The molecular formula is C9H14N6O3S. The fourth-order valence-electron chi connectivity index (χ4n) is 1.33. The van der Waals surface area contributed by atoms with Crippen LogP contribution >= 0.6 is 11.8 Å². The molecule has 0 bridgehead atoms. The molecule has 0 saturated heterocycles. The average Bonchev–Trinajstić information content (AvgIpc) is 3.02. The van der Waals surface area contributed by atoms with Crippen molar-refractivity contribution in [1.29, 1.82) is 0 Å². The summed E-state index contributed by atoms with van der Waals surface area (Å²) in [7, 11) is 3.13. The molecule has 0 aromatic carbocycles. The third-order valence-electron chi connectivity index (χ3n) is 2.25. The number of ether oxygens (including phenoxy) is 2. The summed E-state index contributed by atoms with van der Waals surface area (Å²) in [5.41, 5.74) is 0. The van der Waals surface area contributed by atoms with Crippen molar-refractivity contribution in [3.05, 3.63) is 11.7 Å². The molecule has 2 aromatic rings. The lowest BCUT2D eigenvalue weighted by atomic mass is 10.6. The number of aryl methyl sites for hydroxylation is 1. The van der Waals surface area contributed by atoms with Gasteiger partial charge in [0.1, 0.15) is 0 Å². The number of hydrogen-bond acceptors (Lipinski definition) is 9. The molecule has 0 amide bonds. The number of nitrogens with zero attached hydrogens (tertiary/aromatic N) is 6. The second-order valence-electron chi connectivity index (χ2n) is 3.56. The first-order chi connectivity index (χ1) is 9.22. The first-order valence-electron chi connectivity index (χ1n) is 5.46. The number of tetrazole rings is 1. The standard InChI is InChI=1S/C9H14N6O3S/c1-6-10-7(12-18-6)5-19-9-11-13-14-15(9)4-8(16-2)17-3/h8H,4-5H2,1-3H3. The molecule has 2 aromatic heterocycles. The lowest BCUT2D eigenvalue weighted by Gasteiger charge is -2.13. The molecule has 9 nitrogen and oxygen atoms in total. The molecule has 0 fully saturated rings. The summed E-state index contributed by atoms with van der Waals surface area (Å²) in [6, 6.07) is 0. The summed E-state index contributed by atoms with van der Waals surface area (Å²) in [5.74, 6) is 1.67. The molecule has 0 aliphatic carbocycles. The Morgan fingerprint density at radius 1 is 1.37 bits per heavy atom. The van der Waals surface area contributed by atoms with Gasteiger partial charge in [-0.2, -0.15) is 4.98 Å². The molecule has 0 saturated carbocycles. The number of hydrogen-bond donors (Lipinski definition) is 0. The quantitative estimate of drug-likeness (QED) is 0.524. The van der Waals surface area contributed by atoms with Gasteiger partial charge in [0.05, 0.1) is 12.3 Å². The fourth-order valence-corrected chi connectivity index (χ4v) is 2.06. The van der Waals surface area contributed by atoms with Crippen molar-refractivity contribution >= 4 is 11.8 Å². The highest BCUT2D eigenvalue weighted by Gasteiger charge is 2.14. The molecule has 0 N–H and O–H groups in total. The first-order valence-corrected chi connectivity index (χ1v) is 6.45. The molecule has 0 aliphatic rings. The molecule has 19 heavy (non-hydrogen) atoms. The van der Waals surface area contributed by atoms with Crippen LogP contribution in [0.5, 0.6) is 0 Å². The second-order valence-corrected chi connectivity index (χ2v) is 4.51. The number of methoxy groups -OCH3 is 2. The molecule has 0 atom stereocenters. The predicted molar refractivity (Wildman–Crippen MR) is 64.2 cm³/mol. The Morgan fingerprint density at radius 3 is 2.79 bits per heavy atom. The molecule has 0 unspecified atom stereocenters. The molecule has 0 radical (unpaired) electrons. The Kier molecular flexibility index (Phi) is 4.82. The molecular weight excluding hydrogens is 272 g/mol. The van der Waals surface area contributed by atoms with E-state index < -0.39 is 6.29 Å². The summed E-state index contributed by atoms with van der Waals surface area (Å²) in [4.78, 5) is 4.11. The van der Waals surface area contributed by atoms with Crippen molar-refractivity contribution in [3.63, 3.8) is 0 Å². The lowest BCUT2D eigenvalue weighted by Crippen LogP contribution is -2.21. The van der Waals surface area contributed by atoms with Gasteiger partial charge in [0, 0.05) is 21.1 Å². The van der Waals surface area contributed by atoms with Crippen LogP contribution in [0.15, 0.2) is 9.68 Å². The van der Waals surface area contributed by atoms with Gasteiger partial charge in [-0.25, -0.2) is 4.68 Å². The van der Waals surface area contributed by atoms with Crippen molar-refractivity contribution in [2.24, 2.45) is 0 Å². The predicted octanol–water partition coefficient (Wildman–Crippen LogP) is 0.276. The largest absolute Gasteiger partial charge is 0.354 e. The van der Waals surface area contributed by atoms with Crippen LogP contribution in [0.25, 0.3) is 0 Å². The van der Waals surface area contributed by atoms with E-state index in [9.17, 15) is 0 Å². The van der Waals surface area contributed by atoms with Gasteiger partial charge >= 0.3 is 0 Å². The molecule has 2 rings (SSSR count). The van der Waals surface area contributed by atoms with Gasteiger partial charge in [-0.15, -0.1) is 5.10 Å². The summed E-state index contributed by atoms with van der Waals surface area (Å²) in [5, 5.41) is 15.9. The number of aromatic nitrogens is 6. The smallest absolute Gasteiger partial charge is 0.223 e. The van der Waals surface area contributed by atoms with Crippen molar-refractivity contribution in [3.8, 4) is 0 Å². The summed E-state index contributed by atoms with van der Waals surface area (Å²) < 4.78 is 16.7. The highest BCUT2D eigenvalue weighted by Crippen LogP contribution is 2.18. The van der Waals surface area contributed by atoms with Crippen molar-refractivity contribution in [1.82, 2.24) is 30.3 Å². The van der Waals surface area contributed by atoms with Crippen molar-refractivity contribution in [2.45, 2.75) is 30.7 Å². The minimum absolute atomic E-state index is 0.393. The van der Waals surface area contributed by atoms with E-state index in [-0.39, 0.29) is 0 Å². The van der Waals surface area contributed by atoms with E-state index in [4.69, 9.17) is 14.0 Å². The van der Waals surface area contributed by atoms with E-state index in [0.717, 1.165) is 0 Å². The Labute approximate surface area is 113 Å². The van der Waals surface area contributed by atoms with Gasteiger partial charge in [0.15, 0.2) is 12.1 Å². The third kappa shape index (κ3) is 3.72. The molecule has 104 valence electrons.